The summed E-state index contributed by atoms with van der Waals surface area (Å²) in [5.74, 6) is 0.782. The number of carbonyl (C=O) groups excluding carboxylic acids is 1. The van der Waals surface area contributed by atoms with Gasteiger partial charge in [-0.3, -0.25) is 4.79 Å². The average Bonchev–Trinajstić information content (AvgIpc) is 2.79. The van der Waals surface area contributed by atoms with E-state index in [-0.39, 0.29) is 12.0 Å². The van der Waals surface area contributed by atoms with Crippen LogP contribution in [0.5, 0.6) is 5.75 Å². The molecule has 2 rings (SSSR count). The van der Waals surface area contributed by atoms with Crippen molar-refractivity contribution in [2.75, 3.05) is 13.1 Å². The van der Waals surface area contributed by atoms with Gasteiger partial charge in [-0.1, -0.05) is 0 Å². The van der Waals surface area contributed by atoms with Crippen LogP contribution in [0.1, 0.15) is 13.3 Å². The van der Waals surface area contributed by atoms with Gasteiger partial charge < -0.3 is 9.64 Å². The third-order valence-corrected chi connectivity index (χ3v) is 2.84. The van der Waals surface area contributed by atoms with E-state index < -0.39 is 0 Å². The summed E-state index contributed by atoms with van der Waals surface area (Å²) in [4.78, 5) is 23.2. The van der Waals surface area contributed by atoms with Crippen molar-refractivity contribution in [3.8, 4) is 5.75 Å². The highest BCUT2D eigenvalue weighted by Gasteiger charge is 2.25. The molecule has 0 aliphatic carbocycles. The Morgan fingerprint density at radius 2 is 2.12 bits per heavy atom. The highest BCUT2D eigenvalue weighted by atomic mass is 16.5. The summed E-state index contributed by atoms with van der Waals surface area (Å²) < 4.78 is 5.72. The molecule has 1 heterocycles. The molecule has 0 N–H and O–H groups in total. The van der Waals surface area contributed by atoms with E-state index in [1.165, 1.54) is 0 Å². The Kier molecular flexibility index (Phi) is 3.37. The normalized spacial score (nSPS) is 19.1. The molecule has 1 amide bonds. The Bertz CT molecular complexity index is 416. The first kappa shape index (κ1) is 11.6. The van der Waals surface area contributed by atoms with E-state index in [1.807, 2.05) is 0 Å². The van der Waals surface area contributed by atoms with Gasteiger partial charge in [0.05, 0.1) is 6.54 Å². The van der Waals surface area contributed by atoms with Gasteiger partial charge >= 0.3 is 0 Å². The molecule has 1 aliphatic rings. The predicted molar refractivity (Wildman–Crippen MR) is 63.2 cm³/mol. The number of nitrogens with zero attached hydrogens (tertiary/aromatic N) is 2. The van der Waals surface area contributed by atoms with Gasteiger partial charge in [-0.05, 0) is 29.4 Å². The van der Waals surface area contributed by atoms with Gasteiger partial charge in [-0.15, -0.1) is 4.91 Å². The maximum absolute atomic E-state index is 11.2. The van der Waals surface area contributed by atoms with Crippen molar-refractivity contribution in [2.24, 2.45) is 5.18 Å². The molecule has 0 radical (unpaired) electrons. The van der Waals surface area contributed by atoms with E-state index in [4.69, 9.17) is 4.74 Å². The van der Waals surface area contributed by atoms with Crippen LogP contribution in [0.3, 0.4) is 0 Å². The van der Waals surface area contributed by atoms with E-state index in [1.54, 1.807) is 36.1 Å². The Morgan fingerprint density at radius 1 is 1.41 bits per heavy atom. The molecule has 0 saturated carbocycles. The second-order valence-corrected chi connectivity index (χ2v) is 4.08. The van der Waals surface area contributed by atoms with Crippen LogP contribution in [0.4, 0.5) is 5.69 Å². The summed E-state index contributed by atoms with van der Waals surface area (Å²) >= 11 is 0. The van der Waals surface area contributed by atoms with Crippen LogP contribution in [0.2, 0.25) is 0 Å². The van der Waals surface area contributed by atoms with Gasteiger partial charge in [0.1, 0.15) is 17.5 Å². The number of amides is 1. The summed E-state index contributed by atoms with van der Waals surface area (Å²) in [7, 11) is 0. The van der Waals surface area contributed by atoms with Crippen molar-refractivity contribution in [3.05, 3.63) is 29.2 Å². The minimum atomic E-state index is 0.0361. The smallest absolute Gasteiger partial charge is 0.219 e. The summed E-state index contributed by atoms with van der Waals surface area (Å²) in [6.45, 7) is 2.93. The fourth-order valence-electron chi connectivity index (χ4n) is 1.89. The molecule has 1 atom stereocenters. The second-order valence-electron chi connectivity index (χ2n) is 4.08. The Labute approximate surface area is 99.3 Å². The van der Waals surface area contributed by atoms with Crippen LogP contribution in [-0.4, -0.2) is 30.0 Å². The number of hydrogen-bond acceptors (Lipinski definition) is 4. The maximum Gasteiger partial charge on any atom is 0.219 e. The van der Waals surface area contributed by atoms with Crippen molar-refractivity contribution in [1.82, 2.24) is 4.90 Å². The minimum absolute atomic E-state index is 0.0361. The van der Waals surface area contributed by atoms with E-state index >= 15 is 0 Å². The SMILES string of the molecule is CC(=O)N1CC[C@H](Oc2ccc(N=O)cc2)C1. The van der Waals surface area contributed by atoms with E-state index in [2.05, 4.69) is 5.18 Å². The van der Waals surface area contributed by atoms with Gasteiger partial charge in [0, 0.05) is 19.9 Å². The monoisotopic (exact) mass is 234 g/mol. The first-order valence-corrected chi connectivity index (χ1v) is 5.54. The standard InChI is InChI=1S/C12H14N2O3/c1-9(15)14-7-6-12(8-14)17-11-4-2-10(13-16)3-5-11/h2-5,12H,6-8H2,1H3/t12-/m0/s1. The summed E-state index contributed by atoms with van der Waals surface area (Å²) in [6, 6.07) is 6.65. The van der Waals surface area contributed by atoms with Crippen LogP contribution in [0, 0.1) is 4.91 Å². The highest BCUT2D eigenvalue weighted by molar-refractivity contribution is 5.73. The molecule has 0 unspecified atom stereocenters. The Hall–Kier alpha value is -1.91. The molecule has 90 valence electrons. The largest absolute Gasteiger partial charge is 0.489 e. The fourth-order valence-corrected chi connectivity index (χ4v) is 1.89. The summed E-state index contributed by atoms with van der Waals surface area (Å²) in [6.07, 6.45) is 0.877. The molecule has 0 bridgehead atoms. The zero-order valence-corrected chi connectivity index (χ0v) is 9.63. The van der Waals surface area contributed by atoms with Gasteiger partial charge in [-0.25, -0.2) is 0 Å². The van der Waals surface area contributed by atoms with Gasteiger partial charge in [0.15, 0.2) is 0 Å². The zero-order valence-electron chi connectivity index (χ0n) is 9.63. The van der Waals surface area contributed by atoms with E-state index in [9.17, 15) is 9.70 Å². The van der Waals surface area contributed by atoms with Gasteiger partial charge in [0.25, 0.3) is 0 Å². The number of likely N-dealkylation sites (tertiary alicyclic amines) is 1. The molecular weight excluding hydrogens is 220 g/mol. The van der Waals surface area contributed by atoms with Crippen molar-refractivity contribution < 1.29 is 9.53 Å². The molecule has 1 aliphatic heterocycles. The lowest BCUT2D eigenvalue weighted by atomic mass is 10.3. The van der Waals surface area contributed by atoms with Crippen molar-refractivity contribution >= 4 is 11.6 Å². The van der Waals surface area contributed by atoms with Crippen LogP contribution in [0.15, 0.2) is 29.4 Å². The molecule has 5 nitrogen and oxygen atoms in total. The summed E-state index contributed by atoms with van der Waals surface area (Å²) in [5, 5.41) is 2.82. The zero-order chi connectivity index (χ0) is 12.3. The highest BCUT2D eigenvalue weighted by Crippen LogP contribution is 2.21. The third-order valence-electron chi connectivity index (χ3n) is 2.84. The number of benzene rings is 1. The predicted octanol–water partition coefficient (Wildman–Crippen LogP) is 2.08. The topological polar surface area (TPSA) is 59.0 Å². The van der Waals surface area contributed by atoms with E-state index in [0.29, 0.717) is 18.0 Å². The minimum Gasteiger partial charge on any atom is -0.489 e. The second kappa shape index (κ2) is 4.95. The number of rotatable bonds is 3. The molecule has 0 spiro atoms. The number of hydrogen-bond donors (Lipinski definition) is 0. The van der Waals surface area contributed by atoms with Gasteiger partial charge in [-0.2, -0.15) is 0 Å². The lowest BCUT2D eigenvalue weighted by Gasteiger charge is -2.15. The first-order chi connectivity index (χ1) is 8.19. The Morgan fingerprint density at radius 3 is 2.65 bits per heavy atom. The summed E-state index contributed by atoms with van der Waals surface area (Å²) in [5.41, 5.74) is 0.383. The molecule has 1 fully saturated rings. The first-order valence-electron chi connectivity index (χ1n) is 5.54. The molecule has 1 aromatic rings. The molecule has 5 heteroatoms. The van der Waals surface area contributed by atoms with Crippen LogP contribution >= 0.6 is 0 Å². The average molecular weight is 234 g/mol. The van der Waals surface area contributed by atoms with Crippen LogP contribution in [-0.2, 0) is 4.79 Å². The number of carbonyl (C=O) groups is 1. The quantitative estimate of drug-likeness (QED) is 0.752. The molecule has 1 aromatic carbocycles. The van der Waals surface area contributed by atoms with Crippen LogP contribution in [0.25, 0.3) is 0 Å². The van der Waals surface area contributed by atoms with Crippen molar-refractivity contribution in [2.45, 2.75) is 19.4 Å². The molecule has 1 saturated heterocycles. The molecular formula is C12H14N2O3. The van der Waals surface area contributed by atoms with E-state index in [0.717, 1.165) is 13.0 Å². The fraction of sp³-hybridized carbons (Fsp3) is 0.417. The van der Waals surface area contributed by atoms with Crippen LogP contribution < -0.4 is 4.74 Å². The van der Waals surface area contributed by atoms with Crippen molar-refractivity contribution in [1.29, 1.82) is 0 Å². The number of nitroso groups, excluding NO2 is 1. The third kappa shape index (κ3) is 2.81. The van der Waals surface area contributed by atoms with Gasteiger partial charge in [0.2, 0.25) is 5.91 Å². The Balaban J connectivity index is 1.93. The lowest BCUT2D eigenvalue weighted by molar-refractivity contribution is -0.128. The lowest BCUT2D eigenvalue weighted by Crippen LogP contribution is -2.28. The van der Waals surface area contributed by atoms with Crippen molar-refractivity contribution in [3.63, 3.8) is 0 Å². The maximum atomic E-state index is 11.2. The molecule has 17 heavy (non-hydrogen) atoms. The molecule has 0 aromatic heterocycles. The number of ether oxygens (including phenoxy) is 1.